The summed E-state index contributed by atoms with van der Waals surface area (Å²) in [6.07, 6.45) is 0. The van der Waals surface area contributed by atoms with Crippen molar-refractivity contribution in [2.75, 3.05) is 14.2 Å². The number of carboxylic acid groups (broad SMARTS) is 2. The summed E-state index contributed by atoms with van der Waals surface area (Å²) in [5.74, 6) is -4.05. The van der Waals surface area contributed by atoms with Crippen LogP contribution in [0.2, 0.25) is 0 Å². The van der Waals surface area contributed by atoms with E-state index in [2.05, 4.69) is 0 Å². The SMILES string of the molecule is COc1ccc(C(C)C(C(=O)O)C(=O)O)c(OC)c1. The van der Waals surface area contributed by atoms with Crippen molar-refractivity contribution >= 4 is 11.9 Å². The van der Waals surface area contributed by atoms with Crippen LogP contribution < -0.4 is 9.47 Å². The maximum atomic E-state index is 11.0. The third kappa shape index (κ3) is 3.15. The van der Waals surface area contributed by atoms with Gasteiger partial charge in [0.2, 0.25) is 0 Å². The van der Waals surface area contributed by atoms with Crippen LogP contribution >= 0.6 is 0 Å². The Morgan fingerprint density at radius 3 is 2.11 bits per heavy atom. The Morgan fingerprint density at radius 1 is 1.11 bits per heavy atom. The molecule has 2 N–H and O–H groups in total. The third-order valence-corrected chi connectivity index (χ3v) is 2.96. The van der Waals surface area contributed by atoms with E-state index in [4.69, 9.17) is 19.7 Å². The summed E-state index contributed by atoms with van der Waals surface area (Å²) in [6.45, 7) is 1.54. The van der Waals surface area contributed by atoms with E-state index in [1.807, 2.05) is 0 Å². The fourth-order valence-electron chi connectivity index (χ4n) is 1.91. The number of ether oxygens (including phenoxy) is 2. The highest BCUT2D eigenvalue weighted by molar-refractivity contribution is 5.94. The number of hydrogen-bond donors (Lipinski definition) is 2. The Morgan fingerprint density at radius 2 is 1.68 bits per heavy atom. The van der Waals surface area contributed by atoms with Gasteiger partial charge in [-0.3, -0.25) is 9.59 Å². The van der Waals surface area contributed by atoms with Gasteiger partial charge >= 0.3 is 11.9 Å². The number of aliphatic carboxylic acids is 2. The first kappa shape index (κ1) is 14.8. The van der Waals surface area contributed by atoms with E-state index >= 15 is 0 Å². The Kier molecular flexibility index (Phi) is 4.74. The molecule has 0 radical (unpaired) electrons. The van der Waals surface area contributed by atoms with Crippen LogP contribution in [0, 0.1) is 5.92 Å². The van der Waals surface area contributed by atoms with E-state index in [0.717, 1.165) is 0 Å². The third-order valence-electron chi connectivity index (χ3n) is 2.96. The van der Waals surface area contributed by atoms with Gasteiger partial charge < -0.3 is 19.7 Å². The highest BCUT2D eigenvalue weighted by atomic mass is 16.5. The van der Waals surface area contributed by atoms with Gasteiger partial charge in [0.15, 0.2) is 5.92 Å². The summed E-state index contributed by atoms with van der Waals surface area (Å²) in [4.78, 5) is 22.1. The molecule has 0 heterocycles. The second kappa shape index (κ2) is 6.08. The molecule has 1 unspecified atom stereocenters. The first-order chi connectivity index (χ1) is 8.92. The van der Waals surface area contributed by atoms with Crippen LogP contribution in [-0.2, 0) is 9.59 Å². The average Bonchev–Trinajstić information content (AvgIpc) is 2.36. The Balaban J connectivity index is 3.20. The molecule has 0 aliphatic heterocycles. The molecule has 0 spiro atoms. The molecule has 0 aliphatic rings. The minimum absolute atomic E-state index is 0.402. The molecule has 0 saturated carbocycles. The van der Waals surface area contributed by atoms with Crippen LogP contribution in [0.5, 0.6) is 11.5 Å². The molecule has 1 aromatic carbocycles. The lowest BCUT2D eigenvalue weighted by Crippen LogP contribution is -2.28. The van der Waals surface area contributed by atoms with E-state index < -0.39 is 23.8 Å². The second-order valence-corrected chi connectivity index (χ2v) is 4.05. The molecule has 1 rings (SSSR count). The molecule has 1 atom stereocenters. The van der Waals surface area contributed by atoms with Crippen molar-refractivity contribution in [1.82, 2.24) is 0 Å². The number of carboxylic acids is 2. The van der Waals surface area contributed by atoms with E-state index in [1.165, 1.54) is 21.1 Å². The van der Waals surface area contributed by atoms with Gasteiger partial charge in [0.1, 0.15) is 11.5 Å². The number of rotatable bonds is 6. The molecule has 0 aromatic heterocycles. The van der Waals surface area contributed by atoms with E-state index in [1.54, 1.807) is 18.2 Å². The lowest BCUT2D eigenvalue weighted by atomic mass is 9.87. The number of hydrogen-bond acceptors (Lipinski definition) is 4. The van der Waals surface area contributed by atoms with Crippen molar-refractivity contribution in [3.8, 4) is 11.5 Å². The minimum Gasteiger partial charge on any atom is -0.497 e. The average molecular weight is 268 g/mol. The van der Waals surface area contributed by atoms with Gasteiger partial charge in [-0.2, -0.15) is 0 Å². The fourth-order valence-corrected chi connectivity index (χ4v) is 1.91. The molecule has 0 saturated heterocycles. The van der Waals surface area contributed by atoms with Crippen LogP contribution in [0.25, 0.3) is 0 Å². The smallest absolute Gasteiger partial charge is 0.318 e. The standard InChI is InChI=1S/C13H16O6/c1-7(11(12(14)15)13(16)17)9-5-4-8(18-2)6-10(9)19-3/h4-7,11H,1-3H3,(H,14,15)(H,16,17). The van der Waals surface area contributed by atoms with E-state index in [-0.39, 0.29) is 0 Å². The zero-order valence-corrected chi connectivity index (χ0v) is 10.9. The molecule has 0 aliphatic carbocycles. The van der Waals surface area contributed by atoms with Crippen LogP contribution in [0.4, 0.5) is 0 Å². The molecule has 104 valence electrons. The van der Waals surface area contributed by atoms with Crippen molar-refractivity contribution in [2.24, 2.45) is 5.92 Å². The molecule has 0 bridgehead atoms. The Hall–Kier alpha value is -2.24. The van der Waals surface area contributed by atoms with Crippen LogP contribution in [0.1, 0.15) is 18.4 Å². The maximum absolute atomic E-state index is 11.0. The van der Waals surface area contributed by atoms with Crippen molar-refractivity contribution in [3.63, 3.8) is 0 Å². The predicted molar refractivity (Wildman–Crippen MR) is 66.7 cm³/mol. The summed E-state index contributed by atoms with van der Waals surface area (Å²) in [6, 6.07) is 4.84. The van der Waals surface area contributed by atoms with Crippen molar-refractivity contribution in [3.05, 3.63) is 23.8 Å². The summed E-state index contributed by atoms with van der Waals surface area (Å²) >= 11 is 0. The lowest BCUT2D eigenvalue weighted by Gasteiger charge is -2.19. The van der Waals surface area contributed by atoms with E-state index in [0.29, 0.717) is 17.1 Å². The Bertz CT molecular complexity index is 468. The molecule has 1 aromatic rings. The van der Waals surface area contributed by atoms with Gasteiger partial charge in [-0.25, -0.2) is 0 Å². The van der Waals surface area contributed by atoms with Crippen LogP contribution in [-0.4, -0.2) is 36.4 Å². The monoisotopic (exact) mass is 268 g/mol. The first-order valence-corrected chi connectivity index (χ1v) is 5.59. The van der Waals surface area contributed by atoms with Crippen LogP contribution in [0.3, 0.4) is 0 Å². The molecule has 0 fully saturated rings. The minimum atomic E-state index is -1.53. The van der Waals surface area contributed by atoms with Crippen molar-refractivity contribution in [2.45, 2.75) is 12.8 Å². The summed E-state index contributed by atoms with van der Waals surface area (Å²) in [7, 11) is 2.93. The fraction of sp³-hybridized carbons (Fsp3) is 0.385. The zero-order valence-electron chi connectivity index (χ0n) is 10.9. The van der Waals surface area contributed by atoms with Crippen molar-refractivity contribution in [1.29, 1.82) is 0 Å². The van der Waals surface area contributed by atoms with Crippen molar-refractivity contribution < 1.29 is 29.3 Å². The number of methoxy groups -OCH3 is 2. The molecule has 19 heavy (non-hydrogen) atoms. The maximum Gasteiger partial charge on any atom is 0.318 e. The van der Waals surface area contributed by atoms with Gasteiger partial charge in [-0.1, -0.05) is 13.0 Å². The molecule has 6 nitrogen and oxygen atoms in total. The zero-order chi connectivity index (χ0) is 14.6. The molecule has 0 amide bonds. The van der Waals surface area contributed by atoms with Gasteiger partial charge in [0.05, 0.1) is 14.2 Å². The van der Waals surface area contributed by atoms with Gasteiger partial charge in [0, 0.05) is 12.0 Å². The highest BCUT2D eigenvalue weighted by Crippen LogP contribution is 2.34. The van der Waals surface area contributed by atoms with Gasteiger partial charge in [-0.15, -0.1) is 0 Å². The Labute approximate surface area is 110 Å². The normalized spacial score (nSPS) is 12.0. The van der Waals surface area contributed by atoms with E-state index in [9.17, 15) is 9.59 Å². The highest BCUT2D eigenvalue weighted by Gasteiger charge is 2.34. The topological polar surface area (TPSA) is 93.1 Å². The first-order valence-electron chi connectivity index (χ1n) is 5.59. The summed E-state index contributed by atoms with van der Waals surface area (Å²) in [5.41, 5.74) is 0.512. The molecule has 6 heteroatoms. The number of benzene rings is 1. The molecular formula is C13H16O6. The largest absolute Gasteiger partial charge is 0.497 e. The van der Waals surface area contributed by atoms with Gasteiger partial charge in [-0.05, 0) is 11.6 Å². The predicted octanol–water partition coefficient (Wildman–Crippen LogP) is 1.59. The van der Waals surface area contributed by atoms with Crippen LogP contribution in [0.15, 0.2) is 18.2 Å². The van der Waals surface area contributed by atoms with Gasteiger partial charge in [0.25, 0.3) is 0 Å². The molecular weight excluding hydrogens is 252 g/mol. The second-order valence-electron chi connectivity index (χ2n) is 4.05. The summed E-state index contributed by atoms with van der Waals surface area (Å²) < 4.78 is 10.2. The lowest BCUT2D eigenvalue weighted by molar-refractivity contribution is -0.155. The quantitative estimate of drug-likeness (QED) is 0.761. The summed E-state index contributed by atoms with van der Waals surface area (Å²) in [5, 5.41) is 18.0. The number of carbonyl (C=O) groups is 2.